The fourth-order valence-electron chi connectivity index (χ4n) is 2.16. The van der Waals surface area contributed by atoms with Crippen LogP contribution in [0.2, 0.25) is 5.02 Å². The van der Waals surface area contributed by atoms with Gasteiger partial charge >= 0.3 is 0 Å². The first-order chi connectivity index (χ1) is 12.6. The van der Waals surface area contributed by atoms with Gasteiger partial charge in [0, 0.05) is 10.7 Å². The lowest BCUT2D eigenvalue weighted by molar-refractivity contribution is -0.115. The smallest absolute Gasteiger partial charge is 0.237 e. The highest BCUT2D eigenvalue weighted by atomic mass is 35.5. The molecule has 0 aliphatic rings. The second kappa shape index (κ2) is 8.20. The summed E-state index contributed by atoms with van der Waals surface area (Å²) in [5, 5.41) is 15.2. The number of carbonyl (C=O) groups is 1. The van der Waals surface area contributed by atoms with Gasteiger partial charge in [-0.1, -0.05) is 29.4 Å². The van der Waals surface area contributed by atoms with E-state index >= 15 is 0 Å². The third-order valence-corrected chi connectivity index (χ3v) is 4.77. The molecular formula is C17H16ClN5O2S. The van der Waals surface area contributed by atoms with Crippen molar-refractivity contribution in [3.05, 3.63) is 53.6 Å². The summed E-state index contributed by atoms with van der Waals surface area (Å²) in [6.45, 7) is 1.79. The third-order valence-electron chi connectivity index (χ3n) is 3.50. The van der Waals surface area contributed by atoms with Crippen LogP contribution < -0.4 is 10.1 Å². The van der Waals surface area contributed by atoms with Gasteiger partial charge < -0.3 is 10.1 Å². The quantitative estimate of drug-likeness (QED) is 0.650. The fourth-order valence-corrected chi connectivity index (χ4v) is 3.16. The van der Waals surface area contributed by atoms with Crippen molar-refractivity contribution in [2.75, 3.05) is 12.4 Å². The summed E-state index contributed by atoms with van der Waals surface area (Å²) in [7, 11) is 1.60. The van der Waals surface area contributed by atoms with E-state index in [1.807, 2.05) is 24.3 Å². The van der Waals surface area contributed by atoms with Crippen molar-refractivity contribution < 1.29 is 9.53 Å². The molecule has 1 amide bonds. The number of tetrazole rings is 1. The maximum Gasteiger partial charge on any atom is 0.237 e. The monoisotopic (exact) mass is 389 g/mol. The number of thioether (sulfide) groups is 1. The second-order valence-corrected chi connectivity index (χ2v) is 7.08. The number of hydrogen-bond donors (Lipinski definition) is 1. The average Bonchev–Trinajstić information content (AvgIpc) is 3.10. The summed E-state index contributed by atoms with van der Waals surface area (Å²) < 4.78 is 6.73. The molecule has 7 nitrogen and oxygen atoms in total. The Morgan fingerprint density at radius 3 is 2.73 bits per heavy atom. The van der Waals surface area contributed by atoms with Gasteiger partial charge in [-0.05, 0) is 59.8 Å². The molecule has 0 aliphatic heterocycles. The number of carbonyl (C=O) groups excluding carboxylic acids is 1. The van der Waals surface area contributed by atoms with Crippen molar-refractivity contribution >= 4 is 35.0 Å². The Labute approximate surface area is 159 Å². The first kappa shape index (κ1) is 18.2. The lowest BCUT2D eigenvalue weighted by Gasteiger charge is -2.12. The van der Waals surface area contributed by atoms with Gasteiger partial charge in [-0.25, -0.2) is 0 Å². The molecule has 3 aromatic rings. The van der Waals surface area contributed by atoms with Crippen LogP contribution in [0.25, 0.3) is 5.69 Å². The summed E-state index contributed by atoms with van der Waals surface area (Å²) in [6, 6.07) is 14.3. The molecule has 2 aromatic carbocycles. The van der Waals surface area contributed by atoms with Crippen molar-refractivity contribution in [2.45, 2.75) is 17.3 Å². The van der Waals surface area contributed by atoms with Gasteiger partial charge in [0.25, 0.3) is 0 Å². The molecule has 1 atom stereocenters. The number of nitrogens with zero attached hydrogens (tertiary/aromatic N) is 4. The summed E-state index contributed by atoms with van der Waals surface area (Å²) in [4.78, 5) is 12.4. The molecule has 9 heteroatoms. The molecule has 0 aliphatic carbocycles. The van der Waals surface area contributed by atoms with E-state index in [1.54, 1.807) is 43.0 Å². The predicted molar refractivity (Wildman–Crippen MR) is 101 cm³/mol. The lowest BCUT2D eigenvalue weighted by atomic mass is 10.3. The maximum atomic E-state index is 12.4. The molecule has 0 bridgehead atoms. The van der Waals surface area contributed by atoms with Crippen LogP contribution in [0.1, 0.15) is 6.92 Å². The number of aromatic nitrogens is 4. The van der Waals surface area contributed by atoms with Gasteiger partial charge in [0.15, 0.2) is 0 Å². The molecule has 0 fully saturated rings. The van der Waals surface area contributed by atoms with Crippen LogP contribution in [0.4, 0.5) is 5.69 Å². The molecule has 134 valence electrons. The number of amides is 1. The Balaban J connectivity index is 1.70. The zero-order valence-electron chi connectivity index (χ0n) is 14.1. The Bertz CT molecular complexity index is 900. The lowest BCUT2D eigenvalue weighted by Crippen LogP contribution is -2.22. The topological polar surface area (TPSA) is 81.9 Å². The number of methoxy groups -OCH3 is 1. The molecule has 1 heterocycles. The Kier molecular flexibility index (Phi) is 5.75. The van der Waals surface area contributed by atoms with Crippen LogP contribution in [0.15, 0.2) is 53.7 Å². The van der Waals surface area contributed by atoms with E-state index < -0.39 is 5.25 Å². The number of rotatable bonds is 6. The Morgan fingerprint density at radius 1 is 1.27 bits per heavy atom. The molecule has 1 aromatic heterocycles. The van der Waals surface area contributed by atoms with Crippen LogP contribution >= 0.6 is 23.4 Å². The maximum absolute atomic E-state index is 12.4. The van der Waals surface area contributed by atoms with E-state index in [2.05, 4.69) is 20.8 Å². The van der Waals surface area contributed by atoms with Gasteiger partial charge in [0.05, 0.1) is 18.0 Å². The first-order valence-electron chi connectivity index (χ1n) is 7.72. The van der Waals surface area contributed by atoms with Gasteiger partial charge in [-0.15, -0.1) is 5.10 Å². The van der Waals surface area contributed by atoms with Crippen LogP contribution in [-0.4, -0.2) is 38.5 Å². The fraction of sp³-hybridized carbons (Fsp3) is 0.176. The molecule has 3 rings (SSSR count). The SMILES string of the molecule is COc1ccc(-n2nnnc2SC(C)C(=O)Nc2cccc(Cl)c2)cc1. The highest BCUT2D eigenvalue weighted by Gasteiger charge is 2.19. The highest BCUT2D eigenvalue weighted by Crippen LogP contribution is 2.25. The number of nitrogens with one attached hydrogen (secondary N) is 1. The minimum Gasteiger partial charge on any atom is -0.497 e. The largest absolute Gasteiger partial charge is 0.497 e. The minimum atomic E-state index is -0.406. The zero-order chi connectivity index (χ0) is 18.5. The van der Waals surface area contributed by atoms with Crippen molar-refractivity contribution in [1.29, 1.82) is 0 Å². The molecule has 1 N–H and O–H groups in total. The number of halogens is 1. The third kappa shape index (κ3) is 4.33. The summed E-state index contributed by atoms with van der Waals surface area (Å²) in [5.41, 5.74) is 1.42. The van der Waals surface area contributed by atoms with Gasteiger partial charge in [-0.3, -0.25) is 4.79 Å². The van der Waals surface area contributed by atoms with E-state index in [-0.39, 0.29) is 5.91 Å². The number of benzene rings is 2. The van der Waals surface area contributed by atoms with Crippen molar-refractivity contribution in [3.63, 3.8) is 0 Å². The average molecular weight is 390 g/mol. The van der Waals surface area contributed by atoms with E-state index in [1.165, 1.54) is 11.8 Å². The van der Waals surface area contributed by atoms with Crippen molar-refractivity contribution in [3.8, 4) is 11.4 Å². The molecule has 0 radical (unpaired) electrons. The summed E-state index contributed by atoms with van der Waals surface area (Å²) in [6.07, 6.45) is 0. The van der Waals surface area contributed by atoms with Crippen molar-refractivity contribution in [2.24, 2.45) is 0 Å². The molecule has 1 unspecified atom stereocenters. The van der Waals surface area contributed by atoms with Gasteiger partial charge in [0.2, 0.25) is 11.1 Å². The predicted octanol–water partition coefficient (Wildman–Crippen LogP) is 3.44. The van der Waals surface area contributed by atoms with E-state index in [0.717, 1.165) is 11.4 Å². The van der Waals surface area contributed by atoms with Gasteiger partial charge in [-0.2, -0.15) is 4.68 Å². The van der Waals surface area contributed by atoms with Crippen LogP contribution in [-0.2, 0) is 4.79 Å². The molecule has 0 spiro atoms. The second-order valence-electron chi connectivity index (χ2n) is 5.33. The summed E-state index contributed by atoms with van der Waals surface area (Å²) >= 11 is 7.20. The highest BCUT2D eigenvalue weighted by molar-refractivity contribution is 8.00. The van der Waals surface area contributed by atoms with E-state index in [4.69, 9.17) is 16.3 Å². The normalized spacial score (nSPS) is 11.8. The van der Waals surface area contributed by atoms with Gasteiger partial charge in [0.1, 0.15) is 5.75 Å². The number of ether oxygens (including phenoxy) is 1. The number of hydrogen-bond acceptors (Lipinski definition) is 6. The Hall–Kier alpha value is -2.58. The molecule has 0 saturated carbocycles. The summed E-state index contributed by atoms with van der Waals surface area (Å²) in [5.74, 6) is 0.576. The van der Waals surface area contributed by atoms with E-state index in [0.29, 0.717) is 15.9 Å². The number of anilines is 1. The van der Waals surface area contributed by atoms with Crippen LogP contribution in [0.5, 0.6) is 5.75 Å². The Morgan fingerprint density at radius 2 is 2.04 bits per heavy atom. The molecular weight excluding hydrogens is 374 g/mol. The van der Waals surface area contributed by atoms with Crippen LogP contribution in [0.3, 0.4) is 0 Å². The first-order valence-corrected chi connectivity index (χ1v) is 8.98. The zero-order valence-corrected chi connectivity index (χ0v) is 15.7. The standard InChI is InChI=1S/C17H16ClN5O2S/c1-11(16(24)19-13-5-3-4-12(18)10-13)26-17-20-21-22-23(17)14-6-8-15(25-2)9-7-14/h3-11H,1-2H3,(H,19,24). The molecule has 0 saturated heterocycles. The van der Waals surface area contributed by atoms with Crippen LogP contribution in [0, 0.1) is 0 Å². The van der Waals surface area contributed by atoms with Crippen molar-refractivity contribution in [1.82, 2.24) is 20.2 Å². The van der Waals surface area contributed by atoms with E-state index in [9.17, 15) is 4.79 Å². The minimum absolute atomic E-state index is 0.165. The molecule has 26 heavy (non-hydrogen) atoms.